The molecular weight excluding hydrogens is 234 g/mol. The van der Waals surface area contributed by atoms with Gasteiger partial charge in [0.25, 0.3) is 0 Å². The van der Waals surface area contributed by atoms with Crippen molar-refractivity contribution in [3.05, 3.63) is 0 Å². The van der Waals surface area contributed by atoms with Crippen LogP contribution < -0.4 is 5.32 Å². The number of hydrogen-bond donors (Lipinski definition) is 2. The molecule has 19 heavy (non-hydrogen) atoms. The minimum absolute atomic E-state index is 0.422. The molecular formula is C17H35NO. The molecule has 114 valence electrons. The molecule has 1 aliphatic carbocycles. The van der Waals surface area contributed by atoms with Gasteiger partial charge in [-0.05, 0) is 50.5 Å². The minimum atomic E-state index is -0.422. The maximum absolute atomic E-state index is 10.6. The van der Waals surface area contributed by atoms with Crippen molar-refractivity contribution in [2.75, 3.05) is 13.1 Å². The molecule has 0 heterocycles. The van der Waals surface area contributed by atoms with E-state index in [0.717, 1.165) is 37.8 Å². The van der Waals surface area contributed by atoms with Gasteiger partial charge >= 0.3 is 0 Å². The zero-order valence-corrected chi connectivity index (χ0v) is 13.4. The summed E-state index contributed by atoms with van der Waals surface area (Å²) < 4.78 is 0. The van der Waals surface area contributed by atoms with E-state index in [1.807, 2.05) is 0 Å². The van der Waals surface area contributed by atoms with Crippen molar-refractivity contribution < 1.29 is 5.11 Å². The predicted octanol–water partition coefficient (Wildman–Crippen LogP) is 4.12. The van der Waals surface area contributed by atoms with Gasteiger partial charge < -0.3 is 10.4 Å². The van der Waals surface area contributed by atoms with E-state index < -0.39 is 5.60 Å². The quantitative estimate of drug-likeness (QED) is 0.660. The molecule has 0 bridgehead atoms. The second kappa shape index (κ2) is 8.97. The lowest BCUT2D eigenvalue weighted by atomic mass is 9.78. The average molecular weight is 269 g/mol. The third-order valence-electron chi connectivity index (χ3n) is 5.04. The fraction of sp³-hybridized carbons (Fsp3) is 1.00. The minimum Gasteiger partial charge on any atom is -0.389 e. The van der Waals surface area contributed by atoms with Crippen molar-refractivity contribution >= 4 is 0 Å². The van der Waals surface area contributed by atoms with Gasteiger partial charge in [-0.25, -0.2) is 0 Å². The van der Waals surface area contributed by atoms with Crippen LogP contribution >= 0.6 is 0 Å². The lowest BCUT2D eigenvalue weighted by Gasteiger charge is -2.36. The zero-order valence-electron chi connectivity index (χ0n) is 13.4. The molecule has 1 unspecified atom stereocenters. The normalized spacial score (nSPS) is 29.4. The molecule has 1 saturated carbocycles. The lowest BCUT2D eigenvalue weighted by molar-refractivity contribution is -0.00918. The van der Waals surface area contributed by atoms with Crippen molar-refractivity contribution in [1.29, 1.82) is 0 Å². The number of rotatable bonds is 9. The highest BCUT2D eigenvalue weighted by atomic mass is 16.3. The maximum atomic E-state index is 10.6. The van der Waals surface area contributed by atoms with Crippen molar-refractivity contribution in [2.24, 2.45) is 11.8 Å². The van der Waals surface area contributed by atoms with Crippen LogP contribution in [-0.4, -0.2) is 23.8 Å². The number of unbranched alkanes of at least 4 members (excludes halogenated alkanes) is 1. The standard InChI is InChI=1S/C17H35NO/c1-4-7-8-16(6-3)13-18-14-17(19)11-9-15(5-2)10-12-17/h15-16,18-19H,4-14H2,1-3H3. The Balaban J connectivity index is 2.20. The van der Waals surface area contributed by atoms with Crippen molar-refractivity contribution in [2.45, 2.75) is 84.2 Å². The maximum Gasteiger partial charge on any atom is 0.0771 e. The van der Waals surface area contributed by atoms with Gasteiger partial charge in [0.2, 0.25) is 0 Å². The highest BCUT2D eigenvalue weighted by molar-refractivity contribution is 4.87. The summed E-state index contributed by atoms with van der Waals surface area (Å²) in [4.78, 5) is 0. The van der Waals surface area contributed by atoms with Crippen LogP contribution in [0.5, 0.6) is 0 Å². The summed E-state index contributed by atoms with van der Waals surface area (Å²) in [7, 11) is 0. The van der Waals surface area contributed by atoms with Crippen LogP contribution in [0.3, 0.4) is 0 Å². The number of aliphatic hydroxyl groups is 1. The fourth-order valence-corrected chi connectivity index (χ4v) is 3.25. The van der Waals surface area contributed by atoms with Gasteiger partial charge in [0, 0.05) is 6.54 Å². The highest BCUT2D eigenvalue weighted by Gasteiger charge is 2.32. The first-order valence-corrected chi connectivity index (χ1v) is 8.56. The molecule has 0 aliphatic heterocycles. The van der Waals surface area contributed by atoms with Crippen LogP contribution in [0.1, 0.15) is 78.6 Å². The van der Waals surface area contributed by atoms with Crippen molar-refractivity contribution in [1.82, 2.24) is 5.32 Å². The fourth-order valence-electron chi connectivity index (χ4n) is 3.25. The van der Waals surface area contributed by atoms with Gasteiger partial charge in [-0.3, -0.25) is 0 Å². The van der Waals surface area contributed by atoms with Crippen LogP contribution in [0.25, 0.3) is 0 Å². The topological polar surface area (TPSA) is 32.3 Å². The van der Waals surface area contributed by atoms with Gasteiger partial charge in [0.05, 0.1) is 5.60 Å². The second-order valence-corrected chi connectivity index (χ2v) is 6.62. The molecule has 1 rings (SSSR count). The summed E-state index contributed by atoms with van der Waals surface area (Å²) in [5.41, 5.74) is -0.422. The summed E-state index contributed by atoms with van der Waals surface area (Å²) in [6.07, 6.45) is 10.9. The smallest absolute Gasteiger partial charge is 0.0771 e. The van der Waals surface area contributed by atoms with Crippen LogP contribution in [0.2, 0.25) is 0 Å². The van der Waals surface area contributed by atoms with E-state index in [4.69, 9.17) is 0 Å². The Hall–Kier alpha value is -0.0800. The molecule has 0 spiro atoms. The van der Waals surface area contributed by atoms with Gasteiger partial charge in [-0.15, -0.1) is 0 Å². The number of nitrogens with one attached hydrogen (secondary N) is 1. The van der Waals surface area contributed by atoms with E-state index >= 15 is 0 Å². The first-order chi connectivity index (χ1) is 9.13. The van der Waals surface area contributed by atoms with E-state index in [0.29, 0.717) is 0 Å². The molecule has 0 radical (unpaired) electrons. The lowest BCUT2D eigenvalue weighted by Crippen LogP contribution is -2.44. The van der Waals surface area contributed by atoms with Crippen LogP contribution in [0, 0.1) is 11.8 Å². The Kier molecular flexibility index (Phi) is 8.01. The van der Waals surface area contributed by atoms with Crippen molar-refractivity contribution in [3.8, 4) is 0 Å². The van der Waals surface area contributed by atoms with Crippen molar-refractivity contribution in [3.63, 3.8) is 0 Å². The zero-order chi connectivity index (χ0) is 14.1. The SMILES string of the molecule is CCCCC(CC)CNCC1(O)CCC(CC)CC1. The summed E-state index contributed by atoms with van der Waals surface area (Å²) in [6.45, 7) is 8.69. The van der Waals surface area contributed by atoms with E-state index in [9.17, 15) is 5.11 Å². The van der Waals surface area contributed by atoms with Gasteiger partial charge in [0.15, 0.2) is 0 Å². The van der Waals surface area contributed by atoms with E-state index in [1.54, 1.807) is 0 Å². The Morgan fingerprint density at radius 1 is 1.21 bits per heavy atom. The van der Waals surface area contributed by atoms with Gasteiger partial charge in [-0.1, -0.05) is 46.5 Å². The molecule has 2 nitrogen and oxygen atoms in total. The average Bonchev–Trinajstić information content (AvgIpc) is 2.43. The largest absolute Gasteiger partial charge is 0.389 e. The monoisotopic (exact) mass is 269 g/mol. The first kappa shape index (κ1) is 17.0. The molecule has 0 aromatic rings. The summed E-state index contributed by atoms with van der Waals surface area (Å²) in [5, 5.41) is 14.1. The second-order valence-electron chi connectivity index (χ2n) is 6.62. The van der Waals surface area contributed by atoms with Gasteiger partial charge in [-0.2, -0.15) is 0 Å². The van der Waals surface area contributed by atoms with Crippen LogP contribution in [0.4, 0.5) is 0 Å². The van der Waals surface area contributed by atoms with Crippen LogP contribution in [0.15, 0.2) is 0 Å². The number of hydrogen-bond acceptors (Lipinski definition) is 2. The third-order valence-corrected chi connectivity index (χ3v) is 5.04. The molecule has 2 heteroatoms. The van der Waals surface area contributed by atoms with E-state index in [2.05, 4.69) is 26.1 Å². The van der Waals surface area contributed by atoms with E-state index in [-0.39, 0.29) is 0 Å². The Morgan fingerprint density at radius 3 is 2.42 bits per heavy atom. The molecule has 1 fully saturated rings. The Labute approximate surface area is 120 Å². The molecule has 0 aromatic heterocycles. The highest BCUT2D eigenvalue weighted by Crippen LogP contribution is 2.33. The molecule has 1 atom stereocenters. The van der Waals surface area contributed by atoms with Gasteiger partial charge in [0.1, 0.15) is 0 Å². The third kappa shape index (κ3) is 6.27. The predicted molar refractivity (Wildman–Crippen MR) is 83.4 cm³/mol. The molecule has 0 amide bonds. The van der Waals surface area contributed by atoms with Crippen LogP contribution in [-0.2, 0) is 0 Å². The Morgan fingerprint density at radius 2 is 1.89 bits per heavy atom. The Bertz CT molecular complexity index is 221. The molecule has 2 N–H and O–H groups in total. The first-order valence-electron chi connectivity index (χ1n) is 8.56. The summed E-state index contributed by atoms with van der Waals surface area (Å²) >= 11 is 0. The molecule has 0 aromatic carbocycles. The molecule has 1 aliphatic rings. The summed E-state index contributed by atoms with van der Waals surface area (Å²) in [6, 6.07) is 0. The summed E-state index contributed by atoms with van der Waals surface area (Å²) in [5.74, 6) is 1.64. The van der Waals surface area contributed by atoms with E-state index in [1.165, 1.54) is 44.9 Å². The molecule has 0 saturated heterocycles.